The number of carbonyl (C=O) groups is 1. The van der Waals surface area contributed by atoms with Crippen molar-refractivity contribution in [2.24, 2.45) is 5.92 Å². The van der Waals surface area contributed by atoms with Gasteiger partial charge in [-0.25, -0.2) is 14.8 Å². The normalized spacial score (nSPS) is 12.5. The predicted molar refractivity (Wildman–Crippen MR) is 66.0 cm³/mol. The van der Waals surface area contributed by atoms with Crippen molar-refractivity contribution in [3.63, 3.8) is 0 Å². The molecule has 6 nitrogen and oxygen atoms in total. The summed E-state index contributed by atoms with van der Waals surface area (Å²) in [7, 11) is 0. The van der Waals surface area contributed by atoms with Crippen LogP contribution in [0.3, 0.4) is 0 Å². The Bertz CT molecular complexity index is 411. The van der Waals surface area contributed by atoms with E-state index in [1.807, 2.05) is 13.8 Å². The number of rotatable bonds is 5. The molecule has 94 valence electrons. The van der Waals surface area contributed by atoms with Crippen LogP contribution in [0.25, 0.3) is 0 Å². The first-order chi connectivity index (χ1) is 7.91. The molecule has 0 amide bonds. The fourth-order valence-electron chi connectivity index (χ4n) is 1.34. The van der Waals surface area contributed by atoms with Crippen molar-refractivity contribution in [2.75, 3.05) is 11.1 Å². The number of carboxylic acids is 1. The first-order valence-corrected chi connectivity index (χ1v) is 5.55. The molecule has 0 bridgehead atoms. The highest BCUT2D eigenvalue weighted by atomic mass is 35.5. The van der Waals surface area contributed by atoms with E-state index in [0.717, 1.165) is 0 Å². The van der Waals surface area contributed by atoms with Gasteiger partial charge in [-0.1, -0.05) is 25.4 Å². The summed E-state index contributed by atoms with van der Waals surface area (Å²) in [5, 5.41) is 12.0. The zero-order valence-corrected chi connectivity index (χ0v) is 10.4. The van der Waals surface area contributed by atoms with E-state index in [9.17, 15) is 4.79 Å². The Kier molecular flexibility index (Phi) is 4.51. The van der Waals surface area contributed by atoms with E-state index in [0.29, 0.717) is 6.42 Å². The van der Waals surface area contributed by atoms with E-state index in [1.165, 1.54) is 6.33 Å². The van der Waals surface area contributed by atoms with Gasteiger partial charge < -0.3 is 16.2 Å². The second-order valence-corrected chi connectivity index (χ2v) is 4.46. The fraction of sp³-hybridized carbons (Fsp3) is 0.500. The van der Waals surface area contributed by atoms with Gasteiger partial charge in [0.1, 0.15) is 23.2 Å². The number of carboxylic acid groups (broad SMARTS) is 1. The number of anilines is 2. The number of nitrogen functional groups attached to an aromatic ring is 1. The number of nitrogens with zero attached hydrogens (tertiary/aromatic N) is 2. The number of aliphatic carboxylic acids is 1. The summed E-state index contributed by atoms with van der Waals surface area (Å²) in [6.45, 7) is 3.88. The quantitative estimate of drug-likeness (QED) is 0.742. The summed E-state index contributed by atoms with van der Waals surface area (Å²) in [5.41, 5.74) is 5.50. The third-order valence-electron chi connectivity index (χ3n) is 2.13. The molecule has 0 aliphatic rings. The maximum absolute atomic E-state index is 11.1. The van der Waals surface area contributed by atoms with Crippen molar-refractivity contribution in [2.45, 2.75) is 26.3 Å². The van der Waals surface area contributed by atoms with Gasteiger partial charge in [0.25, 0.3) is 0 Å². The standard InChI is InChI=1S/C10H15ClN4O2/c1-5(2)3-6(10(16)17)15-9-7(11)8(12)13-4-14-9/h4-6H,3H2,1-2H3,(H,16,17)(H3,12,13,14,15). The van der Waals surface area contributed by atoms with Gasteiger partial charge in [-0.05, 0) is 12.3 Å². The van der Waals surface area contributed by atoms with Crippen molar-refractivity contribution in [3.05, 3.63) is 11.3 Å². The lowest BCUT2D eigenvalue weighted by molar-refractivity contribution is -0.138. The Morgan fingerprint density at radius 2 is 2.24 bits per heavy atom. The van der Waals surface area contributed by atoms with Crippen LogP contribution in [0.4, 0.5) is 11.6 Å². The molecule has 0 radical (unpaired) electrons. The number of nitrogens with one attached hydrogen (secondary N) is 1. The van der Waals surface area contributed by atoms with Crippen LogP contribution in [0.15, 0.2) is 6.33 Å². The molecular formula is C10H15ClN4O2. The van der Waals surface area contributed by atoms with Gasteiger partial charge in [0.2, 0.25) is 0 Å². The molecule has 0 spiro atoms. The Labute approximate surface area is 104 Å². The lowest BCUT2D eigenvalue weighted by Gasteiger charge is -2.17. The van der Waals surface area contributed by atoms with Crippen molar-refractivity contribution in [1.29, 1.82) is 0 Å². The number of aromatic nitrogens is 2. The van der Waals surface area contributed by atoms with Gasteiger partial charge in [-0.3, -0.25) is 0 Å². The van der Waals surface area contributed by atoms with E-state index in [2.05, 4.69) is 15.3 Å². The number of hydrogen-bond donors (Lipinski definition) is 3. The largest absolute Gasteiger partial charge is 0.480 e. The first kappa shape index (κ1) is 13.5. The van der Waals surface area contributed by atoms with Gasteiger partial charge in [0, 0.05) is 0 Å². The Balaban J connectivity index is 2.86. The minimum Gasteiger partial charge on any atom is -0.480 e. The van der Waals surface area contributed by atoms with Crippen LogP contribution in [0.2, 0.25) is 5.02 Å². The smallest absolute Gasteiger partial charge is 0.326 e. The molecule has 1 rings (SSSR count). The summed E-state index contributed by atoms with van der Waals surface area (Å²) in [5.74, 6) is -0.349. The van der Waals surface area contributed by atoms with Crippen LogP contribution in [0.1, 0.15) is 20.3 Å². The maximum Gasteiger partial charge on any atom is 0.326 e. The molecule has 0 aliphatic heterocycles. The van der Waals surface area contributed by atoms with Crippen molar-refractivity contribution in [3.8, 4) is 0 Å². The highest BCUT2D eigenvalue weighted by Gasteiger charge is 2.20. The Morgan fingerprint density at radius 3 is 2.76 bits per heavy atom. The molecule has 1 unspecified atom stereocenters. The molecule has 1 aromatic heterocycles. The second kappa shape index (κ2) is 5.67. The molecule has 0 aliphatic carbocycles. The molecule has 0 fully saturated rings. The van der Waals surface area contributed by atoms with E-state index < -0.39 is 12.0 Å². The van der Waals surface area contributed by atoms with E-state index in [-0.39, 0.29) is 22.6 Å². The van der Waals surface area contributed by atoms with Crippen LogP contribution in [-0.2, 0) is 4.79 Å². The van der Waals surface area contributed by atoms with Crippen molar-refractivity contribution >= 4 is 29.2 Å². The fourth-order valence-corrected chi connectivity index (χ4v) is 1.49. The highest BCUT2D eigenvalue weighted by molar-refractivity contribution is 6.35. The van der Waals surface area contributed by atoms with Crippen LogP contribution < -0.4 is 11.1 Å². The summed E-state index contributed by atoms with van der Waals surface area (Å²) in [6, 6.07) is -0.748. The van der Waals surface area contributed by atoms with Crippen LogP contribution in [0, 0.1) is 5.92 Å². The molecule has 1 aromatic rings. The van der Waals surface area contributed by atoms with Gasteiger partial charge >= 0.3 is 5.97 Å². The number of hydrogen-bond acceptors (Lipinski definition) is 5. The molecule has 17 heavy (non-hydrogen) atoms. The monoisotopic (exact) mass is 258 g/mol. The van der Waals surface area contributed by atoms with Crippen molar-refractivity contribution in [1.82, 2.24) is 9.97 Å². The lowest BCUT2D eigenvalue weighted by Crippen LogP contribution is -2.31. The number of halogens is 1. The maximum atomic E-state index is 11.1. The average Bonchev–Trinajstić information content (AvgIpc) is 2.22. The van der Waals surface area contributed by atoms with Gasteiger partial charge in [0.05, 0.1) is 0 Å². The molecular weight excluding hydrogens is 244 g/mol. The van der Waals surface area contributed by atoms with E-state index >= 15 is 0 Å². The number of nitrogens with two attached hydrogens (primary N) is 1. The minimum atomic E-state index is -0.952. The van der Waals surface area contributed by atoms with Gasteiger partial charge in [-0.2, -0.15) is 0 Å². The van der Waals surface area contributed by atoms with Crippen LogP contribution >= 0.6 is 11.6 Å². The molecule has 7 heteroatoms. The summed E-state index contributed by atoms with van der Waals surface area (Å²) in [4.78, 5) is 18.6. The summed E-state index contributed by atoms with van der Waals surface area (Å²) in [6.07, 6.45) is 1.70. The summed E-state index contributed by atoms with van der Waals surface area (Å²) < 4.78 is 0. The molecule has 4 N–H and O–H groups in total. The average molecular weight is 259 g/mol. The SMILES string of the molecule is CC(C)CC(Nc1ncnc(N)c1Cl)C(=O)O. The van der Waals surface area contributed by atoms with Crippen molar-refractivity contribution < 1.29 is 9.90 Å². The van der Waals surface area contributed by atoms with Crippen LogP contribution in [0.5, 0.6) is 0 Å². The van der Waals surface area contributed by atoms with E-state index in [4.69, 9.17) is 22.4 Å². The molecule has 1 heterocycles. The zero-order valence-electron chi connectivity index (χ0n) is 9.64. The zero-order chi connectivity index (χ0) is 13.0. The molecule has 0 aromatic carbocycles. The van der Waals surface area contributed by atoms with Gasteiger partial charge in [-0.15, -0.1) is 0 Å². The van der Waals surface area contributed by atoms with Crippen LogP contribution in [-0.4, -0.2) is 27.1 Å². The second-order valence-electron chi connectivity index (χ2n) is 4.09. The third-order valence-corrected chi connectivity index (χ3v) is 2.51. The Hall–Kier alpha value is -1.56. The molecule has 0 saturated carbocycles. The predicted octanol–water partition coefficient (Wildman–Crippen LogP) is 1.62. The topological polar surface area (TPSA) is 101 Å². The third kappa shape index (κ3) is 3.74. The van der Waals surface area contributed by atoms with E-state index in [1.54, 1.807) is 0 Å². The first-order valence-electron chi connectivity index (χ1n) is 5.17. The minimum absolute atomic E-state index is 0.123. The highest BCUT2D eigenvalue weighted by Crippen LogP contribution is 2.24. The molecule has 1 atom stereocenters. The Morgan fingerprint density at radius 1 is 1.59 bits per heavy atom. The lowest BCUT2D eigenvalue weighted by atomic mass is 10.0. The molecule has 0 saturated heterocycles. The van der Waals surface area contributed by atoms with Gasteiger partial charge in [0.15, 0.2) is 5.82 Å². The summed E-state index contributed by atoms with van der Waals surface area (Å²) >= 11 is 5.87.